The van der Waals surface area contributed by atoms with Gasteiger partial charge in [0.2, 0.25) is 0 Å². The van der Waals surface area contributed by atoms with E-state index in [4.69, 9.17) is 0 Å². The normalized spacial score (nSPS) is 41.7. The lowest BCUT2D eigenvalue weighted by molar-refractivity contribution is 0.386. The highest BCUT2D eigenvalue weighted by Gasteiger charge is 2.51. The molecule has 0 amide bonds. The molecule has 2 atom stereocenters. The minimum absolute atomic E-state index is 0.250. The molecule has 2 heteroatoms. The Morgan fingerprint density at radius 1 is 1.56 bits per heavy atom. The largest absolute Gasteiger partial charge is 0.301 e. The van der Waals surface area contributed by atoms with E-state index in [9.17, 15) is 0 Å². The third kappa shape index (κ3) is 0.864. The van der Waals surface area contributed by atoms with Crippen LogP contribution in [0.15, 0.2) is 0 Å². The molecule has 1 saturated heterocycles. The van der Waals surface area contributed by atoms with Crippen LogP contribution >= 0.6 is 0 Å². The lowest BCUT2D eigenvalue weighted by atomic mass is 10.0. The number of hydrogen-bond donors (Lipinski definition) is 2. The maximum Gasteiger partial charge on any atom is 0.0866 e. The monoisotopic (exact) mass is 128 g/mol. The van der Waals surface area contributed by atoms with E-state index in [1.54, 1.807) is 0 Å². The first-order valence-electron chi connectivity index (χ1n) is 3.60. The van der Waals surface area contributed by atoms with Crippen molar-refractivity contribution in [2.75, 3.05) is 7.05 Å². The van der Waals surface area contributed by atoms with E-state index in [0.29, 0.717) is 12.0 Å². The van der Waals surface area contributed by atoms with Gasteiger partial charge < -0.3 is 5.32 Å². The summed E-state index contributed by atoms with van der Waals surface area (Å²) in [5, 5.41) is 6.67. The quantitative estimate of drug-likeness (QED) is 0.532. The first-order chi connectivity index (χ1) is 4.13. The second-order valence-electron chi connectivity index (χ2n) is 3.14. The van der Waals surface area contributed by atoms with Gasteiger partial charge in [0, 0.05) is 6.04 Å². The SMILES string of the molecule is CNC1(C(C)C)NC1C. The molecule has 2 unspecified atom stereocenters. The smallest absolute Gasteiger partial charge is 0.0866 e. The Morgan fingerprint density at radius 2 is 2.00 bits per heavy atom. The standard InChI is InChI=1S/C7H16N2/c1-5(2)7(8-4)6(3)9-7/h5-6,8-9H,1-4H3. The molecular formula is C7H16N2. The van der Waals surface area contributed by atoms with Crippen LogP contribution in [0.5, 0.6) is 0 Å². The number of rotatable bonds is 2. The highest BCUT2D eigenvalue weighted by molar-refractivity contribution is 5.10. The second-order valence-corrected chi connectivity index (χ2v) is 3.14. The van der Waals surface area contributed by atoms with Gasteiger partial charge in [0.1, 0.15) is 0 Å². The minimum Gasteiger partial charge on any atom is -0.301 e. The summed E-state index contributed by atoms with van der Waals surface area (Å²) in [7, 11) is 2.01. The van der Waals surface area contributed by atoms with Crippen LogP contribution < -0.4 is 10.6 Å². The molecular weight excluding hydrogens is 112 g/mol. The molecule has 0 radical (unpaired) electrons. The van der Waals surface area contributed by atoms with Crippen LogP contribution in [0.2, 0.25) is 0 Å². The van der Waals surface area contributed by atoms with Crippen LogP contribution in [0.25, 0.3) is 0 Å². The summed E-state index contributed by atoms with van der Waals surface area (Å²) in [6.45, 7) is 6.66. The Kier molecular flexibility index (Phi) is 1.53. The molecule has 0 aliphatic carbocycles. The summed E-state index contributed by atoms with van der Waals surface area (Å²) in [4.78, 5) is 0. The van der Waals surface area contributed by atoms with E-state index >= 15 is 0 Å². The van der Waals surface area contributed by atoms with Crippen molar-refractivity contribution >= 4 is 0 Å². The van der Waals surface area contributed by atoms with Gasteiger partial charge in [-0.3, -0.25) is 5.32 Å². The number of nitrogens with one attached hydrogen (secondary N) is 2. The molecule has 54 valence electrons. The van der Waals surface area contributed by atoms with Crippen molar-refractivity contribution < 1.29 is 0 Å². The second kappa shape index (κ2) is 1.96. The van der Waals surface area contributed by atoms with Crippen LogP contribution in [0.4, 0.5) is 0 Å². The van der Waals surface area contributed by atoms with Crippen LogP contribution in [-0.2, 0) is 0 Å². The number of likely N-dealkylation sites (N-methyl/N-ethyl adjacent to an activating group) is 1. The Balaban J connectivity index is 2.52. The first kappa shape index (κ1) is 7.03. The average molecular weight is 128 g/mol. The van der Waals surface area contributed by atoms with E-state index in [1.165, 1.54) is 0 Å². The van der Waals surface area contributed by atoms with Gasteiger partial charge in [0.15, 0.2) is 0 Å². The first-order valence-corrected chi connectivity index (χ1v) is 3.60. The zero-order chi connectivity index (χ0) is 7.07. The molecule has 1 aliphatic heterocycles. The molecule has 9 heavy (non-hydrogen) atoms. The van der Waals surface area contributed by atoms with Gasteiger partial charge in [-0.1, -0.05) is 13.8 Å². The molecule has 1 fully saturated rings. The van der Waals surface area contributed by atoms with Gasteiger partial charge in [-0.05, 0) is 19.9 Å². The molecule has 0 saturated carbocycles. The fourth-order valence-electron chi connectivity index (χ4n) is 1.56. The predicted octanol–water partition coefficient (Wildman–Crippen LogP) is 0.550. The maximum absolute atomic E-state index is 3.38. The van der Waals surface area contributed by atoms with E-state index in [0.717, 1.165) is 0 Å². The molecule has 0 aromatic carbocycles. The van der Waals surface area contributed by atoms with Gasteiger partial charge in [-0.2, -0.15) is 0 Å². The van der Waals surface area contributed by atoms with Crippen LogP contribution in [-0.4, -0.2) is 18.8 Å². The summed E-state index contributed by atoms with van der Waals surface area (Å²) in [5.41, 5.74) is 0.250. The Morgan fingerprint density at radius 3 is 2.00 bits per heavy atom. The van der Waals surface area contributed by atoms with Gasteiger partial charge in [-0.15, -0.1) is 0 Å². The molecule has 0 bridgehead atoms. The van der Waals surface area contributed by atoms with E-state index in [2.05, 4.69) is 31.4 Å². The molecule has 2 N–H and O–H groups in total. The van der Waals surface area contributed by atoms with Crippen LogP contribution in [0.3, 0.4) is 0 Å². The molecule has 2 nitrogen and oxygen atoms in total. The molecule has 0 aromatic rings. The summed E-state index contributed by atoms with van der Waals surface area (Å²) >= 11 is 0. The summed E-state index contributed by atoms with van der Waals surface area (Å²) < 4.78 is 0. The van der Waals surface area contributed by atoms with Gasteiger partial charge >= 0.3 is 0 Å². The summed E-state index contributed by atoms with van der Waals surface area (Å²) in [5.74, 6) is 0.678. The molecule has 1 aliphatic rings. The lowest BCUT2D eigenvalue weighted by Gasteiger charge is -2.17. The van der Waals surface area contributed by atoms with Crippen molar-refractivity contribution in [3.63, 3.8) is 0 Å². The van der Waals surface area contributed by atoms with Gasteiger partial charge in [-0.25, -0.2) is 0 Å². The van der Waals surface area contributed by atoms with E-state index in [1.807, 2.05) is 7.05 Å². The fourth-order valence-corrected chi connectivity index (χ4v) is 1.56. The van der Waals surface area contributed by atoms with Gasteiger partial charge in [0.25, 0.3) is 0 Å². The van der Waals surface area contributed by atoms with Crippen molar-refractivity contribution in [2.45, 2.75) is 32.5 Å². The molecule has 0 spiro atoms. The minimum atomic E-state index is 0.250. The van der Waals surface area contributed by atoms with Crippen LogP contribution in [0, 0.1) is 5.92 Å². The van der Waals surface area contributed by atoms with Crippen LogP contribution in [0.1, 0.15) is 20.8 Å². The molecule has 0 aromatic heterocycles. The summed E-state index contributed by atoms with van der Waals surface area (Å²) in [6.07, 6.45) is 0. The van der Waals surface area contributed by atoms with E-state index < -0.39 is 0 Å². The van der Waals surface area contributed by atoms with Crippen molar-refractivity contribution in [1.29, 1.82) is 0 Å². The molecule has 1 rings (SSSR count). The van der Waals surface area contributed by atoms with Crippen molar-refractivity contribution in [3.8, 4) is 0 Å². The highest BCUT2D eigenvalue weighted by atomic mass is 15.4. The fraction of sp³-hybridized carbons (Fsp3) is 1.00. The lowest BCUT2D eigenvalue weighted by Crippen LogP contribution is -2.38. The predicted molar refractivity (Wildman–Crippen MR) is 39.2 cm³/mol. The van der Waals surface area contributed by atoms with Gasteiger partial charge in [0.05, 0.1) is 5.66 Å². The zero-order valence-electron chi connectivity index (χ0n) is 6.65. The van der Waals surface area contributed by atoms with E-state index in [-0.39, 0.29) is 5.66 Å². The van der Waals surface area contributed by atoms with Crippen molar-refractivity contribution in [2.24, 2.45) is 5.92 Å². The third-order valence-corrected chi connectivity index (χ3v) is 2.38. The zero-order valence-corrected chi connectivity index (χ0v) is 6.65. The third-order valence-electron chi connectivity index (χ3n) is 2.38. The highest BCUT2D eigenvalue weighted by Crippen LogP contribution is 2.30. The maximum atomic E-state index is 3.38. The summed E-state index contributed by atoms with van der Waals surface area (Å²) in [6, 6.07) is 0.641. The Labute approximate surface area is 57.0 Å². The average Bonchev–Trinajstić information content (AvgIpc) is 2.43. The number of hydrogen-bond acceptors (Lipinski definition) is 2. The van der Waals surface area contributed by atoms with Crippen molar-refractivity contribution in [1.82, 2.24) is 10.6 Å². The van der Waals surface area contributed by atoms with Crippen molar-refractivity contribution in [3.05, 3.63) is 0 Å². The Hall–Kier alpha value is -0.0800. The molecule has 1 heterocycles. The topological polar surface area (TPSA) is 34.0 Å². The Bertz CT molecular complexity index is 107.